The number of aromatic nitrogens is 2. The lowest BCUT2D eigenvalue weighted by molar-refractivity contribution is 0.104. The van der Waals surface area contributed by atoms with Crippen LogP contribution < -0.4 is 0 Å². The van der Waals surface area contributed by atoms with Crippen LogP contribution in [0.2, 0.25) is 0 Å². The van der Waals surface area contributed by atoms with Crippen LogP contribution in [0.3, 0.4) is 0 Å². The summed E-state index contributed by atoms with van der Waals surface area (Å²) in [5, 5.41) is 0.871. The average Bonchev–Trinajstić information content (AvgIpc) is 2.47. The maximum atomic E-state index is 12.5. The van der Waals surface area contributed by atoms with Gasteiger partial charge < -0.3 is 0 Å². The zero-order valence-corrected chi connectivity index (χ0v) is 10.5. The van der Waals surface area contributed by atoms with Gasteiger partial charge in [-0.1, -0.05) is 18.2 Å². The standard InChI is InChI=1S/C16H12N2O/c1-11-6-7-12(10-18-11)16(19)14-8-9-17-15-5-3-2-4-13(14)15/h2-10H,1H3. The van der Waals surface area contributed by atoms with E-state index in [1.165, 1.54) is 0 Å². The van der Waals surface area contributed by atoms with Gasteiger partial charge in [-0.25, -0.2) is 0 Å². The summed E-state index contributed by atoms with van der Waals surface area (Å²) in [6, 6.07) is 13.0. The number of nitrogens with zero attached hydrogens (tertiary/aromatic N) is 2. The van der Waals surface area contributed by atoms with Crippen molar-refractivity contribution in [2.75, 3.05) is 0 Å². The van der Waals surface area contributed by atoms with Crippen LogP contribution in [0, 0.1) is 6.92 Å². The van der Waals surface area contributed by atoms with E-state index < -0.39 is 0 Å². The first-order valence-corrected chi connectivity index (χ1v) is 6.07. The molecular weight excluding hydrogens is 236 g/mol. The number of benzene rings is 1. The maximum absolute atomic E-state index is 12.5. The number of fused-ring (bicyclic) bond motifs is 1. The molecule has 3 aromatic rings. The fourth-order valence-electron chi connectivity index (χ4n) is 2.05. The van der Waals surface area contributed by atoms with Crippen LogP contribution in [0.5, 0.6) is 0 Å². The second-order valence-electron chi connectivity index (χ2n) is 4.39. The predicted molar refractivity (Wildman–Crippen MR) is 74.1 cm³/mol. The maximum Gasteiger partial charge on any atom is 0.195 e. The lowest BCUT2D eigenvalue weighted by Crippen LogP contribution is -2.03. The fraction of sp³-hybridized carbons (Fsp3) is 0.0625. The topological polar surface area (TPSA) is 42.9 Å². The van der Waals surface area contributed by atoms with Crippen LogP contribution in [0.4, 0.5) is 0 Å². The van der Waals surface area contributed by atoms with Gasteiger partial charge in [-0.2, -0.15) is 0 Å². The summed E-state index contributed by atoms with van der Waals surface area (Å²) in [5.74, 6) is -0.0221. The minimum atomic E-state index is -0.0221. The molecule has 0 atom stereocenters. The van der Waals surface area contributed by atoms with E-state index in [1.807, 2.05) is 37.3 Å². The van der Waals surface area contributed by atoms with Gasteiger partial charge in [-0.3, -0.25) is 14.8 Å². The number of pyridine rings is 2. The highest BCUT2D eigenvalue weighted by molar-refractivity contribution is 6.15. The van der Waals surface area contributed by atoms with Crippen molar-refractivity contribution >= 4 is 16.7 Å². The number of rotatable bonds is 2. The molecule has 0 aliphatic heterocycles. The molecule has 0 aliphatic carbocycles. The molecule has 3 nitrogen and oxygen atoms in total. The van der Waals surface area contributed by atoms with Gasteiger partial charge >= 0.3 is 0 Å². The first kappa shape index (κ1) is 11.5. The summed E-state index contributed by atoms with van der Waals surface area (Å²) in [6.07, 6.45) is 3.28. The van der Waals surface area contributed by atoms with Crippen molar-refractivity contribution in [3.8, 4) is 0 Å². The third-order valence-corrected chi connectivity index (χ3v) is 3.07. The van der Waals surface area contributed by atoms with E-state index in [1.54, 1.807) is 24.5 Å². The number of carbonyl (C=O) groups is 1. The Morgan fingerprint density at radius 3 is 2.63 bits per heavy atom. The van der Waals surface area contributed by atoms with Gasteiger partial charge in [0.25, 0.3) is 0 Å². The Bertz CT molecular complexity index is 743. The summed E-state index contributed by atoms with van der Waals surface area (Å²) in [7, 11) is 0. The fourth-order valence-corrected chi connectivity index (χ4v) is 2.05. The van der Waals surface area contributed by atoms with E-state index in [9.17, 15) is 4.79 Å². The van der Waals surface area contributed by atoms with Crippen molar-refractivity contribution in [2.24, 2.45) is 0 Å². The van der Waals surface area contributed by atoms with E-state index in [-0.39, 0.29) is 5.78 Å². The molecule has 0 amide bonds. The molecule has 1 aromatic carbocycles. The molecule has 0 spiro atoms. The average molecular weight is 248 g/mol. The summed E-state index contributed by atoms with van der Waals surface area (Å²) in [4.78, 5) is 20.9. The summed E-state index contributed by atoms with van der Waals surface area (Å²) >= 11 is 0. The molecule has 0 aliphatic rings. The zero-order valence-electron chi connectivity index (χ0n) is 10.5. The Morgan fingerprint density at radius 1 is 1.00 bits per heavy atom. The second-order valence-corrected chi connectivity index (χ2v) is 4.39. The van der Waals surface area contributed by atoms with Crippen LogP contribution in [0.1, 0.15) is 21.6 Å². The molecule has 0 saturated heterocycles. The predicted octanol–water partition coefficient (Wildman–Crippen LogP) is 3.17. The SMILES string of the molecule is Cc1ccc(C(=O)c2ccnc3ccccc23)cn1. The first-order valence-electron chi connectivity index (χ1n) is 6.07. The Morgan fingerprint density at radius 2 is 1.84 bits per heavy atom. The first-order chi connectivity index (χ1) is 9.25. The zero-order chi connectivity index (χ0) is 13.2. The highest BCUT2D eigenvalue weighted by Crippen LogP contribution is 2.19. The van der Waals surface area contributed by atoms with E-state index in [0.717, 1.165) is 16.6 Å². The normalized spacial score (nSPS) is 10.6. The van der Waals surface area contributed by atoms with E-state index in [4.69, 9.17) is 0 Å². The minimum absolute atomic E-state index is 0.0221. The van der Waals surface area contributed by atoms with Crippen molar-refractivity contribution < 1.29 is 4.79 Å². The van der Waals surface area contributed by atoms with Gasteiger partial charge in [-0.05, 0) is 31.2 Å². The van der Waals surface area contributed by atoms with Crippen molar-refractivity contribution in [2.45, 2.75) is 6.92 Å². The van der Waals surface area contributed by atoms with Crippen LogP contribution >= 0.6 is 0 Å². The summed E-state index contributed by atoms with van der Waals surface area (Å²) < 4.78 is 0. The quantitative estimate of drug-likeness (QED) is 0.654. The molecule has 0 radical (unpaired) electrons. The molecular formula is C16H12N2O. The van der Waals surface area contributed by atoms with Gasteiger partial charge in [0.05, 0.1) is 5.52 Å². The van der Waals surface area contributed by atoms with E-state index in [0.29, 0.717) is 11.1 Å². The molecule has 3 heteroatoms. The highest BCUT2D eigenvalue weighted by atomic mass is 16.1. The third-order valence-electron chi connectivity index (χ3n) is 3.07. The number of hydrogen-bond donors (Lipinski definition) is 0. The van der Waals surface area contributed by atoms with Crippen molar-refractivity contribution in [3.05, 3.63) is 71.7 Å². The largest absolute Gasteiger partial charge is 0.289 e. The minimum Gasteiger partial charge on any atom is -0.289 e. The second kappa shape index (κ2) is 4.61. The lowest BCUT2D eigenvalue weighted by atomic mass is 10.0. The van der Waals surface area contributed by atoms with Crippen molar-refractivity contribution in [1.29, 1.82) is 0 Å². The number of ketones is 1. The number of carbonyl (C=O) groups excluding carboxylic acids is 1. The molecule has 0 N–H and O–H groups in total. The molecule has 3 rings (SSSR count). The van der Waals surface area contributed by atoms with Gasteiger partial charge in [0.1, 0.15) is 0 Å². The van der Waals surface area contributed by atoms with Crippen LogP contribution in [-0.2, 0) is 0 Å². The van der Waals surface area contributed by atoms with Crippen LogP contribution in [0.15, 0.2) is 54.9 Å². The number of aryl methyl sites for hydroxylation is 1. The summed E-state index contributed by atoms with van der Waals surface area (Å²) in [6.45, 7) is 1.90. The Labute approximate surface area is 111 Å². The molecule has 2 aromatic heterocycles. The van der Waals surface area contributed by atoms with Crippen LogP contribution in [0.25, 0.3) is 10.9 Å². The van der Waals surface area contributed by atoms with Gasteiger partial charge in [-0.15, -0.1) is 0 Å². The molecule has 0 saturated carbocycles. The monoisotopic (exact) mass is 248 g/mol. The van der Waals surface area contributed by atoms with Gasteiger partial charge in [0, 0.05) is 34.6 Å². The number of para-hydroxylation sites is 1. The van der Waals surface area contributed by atoms with E-state index >= 15 is 0 Å². The molecule has 0 bridgehead atoms. The smallest absolute Gasteiger partial charge is 0.195 e. The molecule has 2 heterocycles. The third kappa shape index (κ3) is 2.10. The van der Waals surface area contributed by atoms with Gasteiger partial charge in [0.2, 0.25) is 0 Å². The Balaban J connectivity index is 2.14. The van der Waals surface area contributed by atoms with Crippen molar-refractivity contribution in [3.63, 3.8) is 0 Å². The Hall–Kier alpha value is -2.55. The summed E-state index contributed by atoms with van der Waals surface area (Å²) in [5.41, 5.74) is 2.99. The van der Waals surface area contributed by atoms with Crippen molar-refractivity contribution in [1.82, 2.24) is 9.97 Å². The molecule has 0 fully saturated rings. The Kier molecular flexibility index (Phi) is 2.80. The van der Waals surface area contributed by atoms with Gasteiger partial charge in [0.15, 0.2) is 5.78 Å². The molecule has 19 heavy (non-hydrogen) atoms. The van der Waals surface area contributed by atoms with E-state index in [2.05, 4.69) is 9.97 Å². The highest BCUT2D eigenvalue weighted by Gasteiger charge is 2.12. The molecule has 0 unspecified atom stereocenters. The lowest BCUT2D eigenvalue weighted by Gasteiger charge is -2.05. The van der Waals surface area contributed by atoms with Crippen LogP contribution in [-0.4, -0.2) is 15.8 Å². The molecule has 92 valence electrons. The number of hydrogen-bond acceptors (Lipinski definition) is 3.